The summed E-state index contributed by atoms with van der Waals surface area (Å²) in [4.78, 5) is 12.7. The fourth-order valence-electron chi connectivity index (χ4n) is 3.49. The number of fused-ring (bicyclic) bond motifs is 1. The lowest BCUT2D eigenvalue weighted by Gasteiger charge is -2.18. The van der Waals surface area contributed by atoms with Crippen LogP contribution in [-0.2, 0) is 12.8 Å². The summed E-state index contributed by atoms with van der Waals surface area (Å²) >= 11 is 0. The molecule has 0 radical (unpaired) electrons. The Morgan fingerprint density at radius 2 is 2.08 bits per heavy atom. The van der Waals surface area contributed by atoms with Crippen molar-refractivity contribution in [1.29, 1.82) is 0 Å². The van der Waals surface area contributed by atoms with Gasteiger partial charge in [-0.2, -0.15) is 5.10 Å². The van der Waals surface area contributed by atoms with Gasteiger partial charge in [0.15, 0.2) is 17.3 Å². The standard InChI is InChI=1S/C19H24F2N4O/c1-11(2)8-12(10-22)23-19(26)18-14-4-3-5-17(14)25(24-18)13-6-7-15(20)16(21)9-13/h6-7,9,11-12H,3-5,8,10,22H2,1-2H3,(H,23,26). The van der Waals surface area contributed by atoms with Crippen LogP contribution < -0.4 is 11.1 Å². The van der Waals surface area contributed by atoms with Crippen molar-refractivity contribution in [2.75, 3.05) is 6.54 Å². The number of carbonyl (C=O) groups is 1. The summed E-state index contributed by atoms with van der Waals surface area (Å²) < 4.78 is 28.4. The van der Waals surface area contributed by atoms with E-state index in [1.54, 1.807) is 4.68 Å². The smallest absolute Gasteiger partial charge is 0.272 e. The topological polar surface area (TPSA) is 72.9 Å². The van der Waals surface area contributed by atoms with Crippen LogP contribution in [0.15, 0.2) is 18.2 Å². The third kappa shape index (κ3) is 3.62. The normalized spacial score (nSPS) is 14.5. The predicted octanol–water partition coefficient (Wildman–Crippen LogP) is 2.74. The van der Waals surface area contributed by atoms with E-state index in [1.165, 1.54) is 6.07 Å². The van der Waals surface area contributed by atoms with Gasteiger partial charge in [0, 0.05) is 29.9 Å². The van der Waals surface area contributed by atoms with Gasteiger partial charge in [-0.05, 0) is 43.7 Å². The van der Waals surface area contributed by atoms with E-state index in [0.717, 1.165) is 49.1 Å². The first kappa shape index (κ1) is 18.5. The highest BCUT2D eigenvalue weighted by atomic mass is 19.2. The molecule has 1 amide bonds. The molecule has 5 nitrogen and oxygen atoms in total. The molecule has 1 aliphatic carbocycles. The summed E-state index contributed by atoms with van der Waals surface area (Å²) in [5.41, 5.74) is 8.30. The van der Waals surface area contributed by atoms with Crippen molar-refractivity contribution < 1.29 is 13.6 Å². The van der Waals surface area contributed by atoms with Crippen molar-refractivity contribution >= 4 is 5.91 Å². The highest BCUT2D eigenvalue weighted by Gasteiger charge is 2.28. The Hall–Kier alpha value is -2.28. The summed E-state index contributed by atoms with van der Waals surface area (Å²) in [6.07, 6.45) is 3.19. The van der Waals surface area contributed by atoms with E-state index >= 15 is 0 Å². The van der Waals surface area contributed by atoms with Crippen LogP contribution in [0.5, 0.6) is 0 Å². The van der Waals surface area contributed by atoms with Crippen LogP contribution in [0.25, 0.3) is 5.69 Å². The van der Waals surface area contributed by atoms with Gasteiger partial charge in [0.1, 0.15) is 0 Å². The van der Waals surface area contributed by atoms with E-state index in [-0.39, 0.29) is 11.9 Å². The summed E-state index contributed by atoms with van der Waals surface area (Å²) in [5, 5.41) is 7.37. The number of halogens is 2. The number of hydrogen-bond acceptors (Lipinski definition) is 3. The largest absolute Gasteiger partial charge is 0.347 e. The number of nitrogens with two attached hydrogens (primary N) is 1. The highest BCUT2D eigenvalue weighted by Crippen LogP contribution is 2.28. The number of nitrogens with one attached hydrogen (secondary N) is 1. The number of rotatable bonds is 6. The number of hydrogen-bond donors (Lipinski definition) is 2. The van der Waals surface area contributed by atoms with Crippen molar-refractivity contribution in [3.05, 3.63) is 46.8 Å². The third-order valence-electron chi connectivity index (χ3n) is 4.67. The molecule has 0 fully saturated rings. The van der Waals surface area contributed by atoms with Gasteiger partial charge in [0.2, 0.25) is 0 Å². The summed E-state index contributed by atoms with van der Waals surface area (Å²) in [6, 6.07) is 3.52. The average Bonchev–Trinajstić information content (AvgIpc) is 3.18. The molecule has 1 aliphatic rings. The second-order valence-electron chi connectivity index (χ2n) is 7.17. The zero-order valence-electron chi connectivity index (χ0n) is 15.1. The third-order valence-corrected chi connectivity index (χ3v) is 4.67. The quantitative estimate of drug-likeness (QED) is 0.830. The molecule has 7 heteroatoms. The lowest BCUT2D eigenvalue weighted by Crippen LogP contribution is -2.41. The Bertz CT molecular complexity index is 816. The molecule has 140 valence electrons. The number of benzene rings is 1. The molecule has 3 N–H and O–H groups in total. The van der Waals surface area contributed by atoms with Crippen LogP contribution in [0.2, 0.25) is 0 Å². The Morgan fingerprint density at radius 3 is 2.73 bits per heavy atom. The van der Waals surface area contributed by atoms with Crippen molar-refractivity contribution in [1.82, 2.24) is 15.1 Å². The van der Waals surface area contributed by atoms with Crippen LogP contribution in [-0.4, -0.2) is 28.3 Å². The van der Waals surface area contributed by atoms with Crippen LogP contribution in [0.4, 0.5) is 8.78 Å². The van der Waals surface area contributed by atoms with Gasteiger partial charge in [-0.25, -0.2) is 13.5 Å². The van der Waals surface area contributed by atoms with E-state index in [9.17, 15) is 13.6 Å². The maximum Gasteiger partial charge on any atom is 0.272 e. The molecule has 0 saturated carbocycles. The lowest BCUT2D eigenvalue weighted by molar-refractivity contribution is 0.0927. The Morgan fingerprint density at radius 1 is 1.31 bits per heavy atom. The van der Waals surface area contributed by atoms with Gasteiger partial charge in [-0.1, -0.05) is 13.8 Å². The number of carbonyl (C=O) groups excluding carboxylic acids is 1. The zero-order valence-corrected chi connectivity index (χ0v) is 15.1. The van der Waals surface area contributed by atoms with Crippen molar-refractivity contribution in [3.63, 3.8) is 0 Å². The highest BCUT2D eigenvalue weighted by molar-refractivity contribution is 5.94. The molecular formula is C19H24F2N4O. The molecule has 3 rings (SSSR count). The van der Waals surface area contributed by atoms with Gasteiger partial charge in [-0.15, -0.1) is 0 Å². The first-order valence-corrected chi connectivity index (χ1v) is 8.97. The molecule has 1 unspecified atom stereocenters. The lowest BCUT2D eigenvalue weighted by atomic mass is 10.0. The fraction of sp³-hybridized carbons (Fsp3) is 0.474. The van der Waals surface area contributed by atoms with Crippen LogP contribution >= 0.6 is 0 Å². The minimum Gasteiger partial charge on any atom is -0.347 e. The van der Waals surface area contributed by atoms with Crippen molar-refractivity contribution in [3.8, 4) is 5.69 Å². The molecule has 1 atom stereocenters. The molecule has 26 heavy (non-hydrogen) atoms. The second kappa shape index (κ2) is 7.53. The fourth-order valence-corrected chi connectivity index (χ4v) is 3.49. The van der Waals surface area contributed by atoms with Gasteiger partial charge < -0.3 is 11.1 Å². The molecule has 0 aliphatic heterocycles. The number of amides is 1. The van der Waals surface area contributed by atoms with E-state index in [2.05, 4.69) is 24.3 Å². The average molecular weight is 362 g/mol. The Kier molecular flexibility index (Phi) is 5.36. The first-order valence-electron chi connectivity index (χ1n) is 8.97. The van der Waals surface area contributed by atoms with E-state index in [4.69, 9.17) is 5.73 Å². The minimum atomic E-state index is -0.934. The molecule has 2 aromatic rings. The molecule has 1 aromatic carbocycles. The maximum atomic E-state index is 13.6. The zero-order chi connectivity index (χ0) is 18.8. The van der Waals surface area contributed by atoms with Gasteiger partial charge in [0.05, 0.1) is 5.69 Å². The van der Waals surface area contributed by atoms with Gasteiger partial charge in [-0.3, -0.25) is 4.79 Å². The molecular weight excluding hydrogens is 338 g/mol. The van der Waals surface area contributed by atoms with Gasteiger partial charge >= 0.3 is 0 Å². The Labute approximate surface area is 151 Å². The SMILES string of the molecule is CC(C)CC(CN)NC(=O)c1nn(-c2ccc(F)c(F)c2)c2c1CCC2. The molecule has 1 aromatic heterocycles. The van der Waals surface area contributed by atoms with Gasteiger partial charge in [0.25, 0.3) is 5.91 Å². The first-order chi connectivity index (χ1) is 12.4. The number of nitrogens with zero attached hydrogens (tertiary/aromatic N) is 2. The predicted molar refractivity (Wildman–Crippen MR) is 95.3 cm³/mol. The van der Waals surface area contributed by atoms with Crippen LogP contribution in [0.3, 0.4) is 0 Å². The number of aromatic nitrogens is 2. The molecule has 0 spiro atoms. The summed E-state index contributed by atoms with van der Waals surface area (Å²) in [6.45, 7) is 4.50. The Balaban J connectivity index is 1.92. The maximum absolute atomic E-state index is 13.6. The molecule has 0 bridgehead atoms. The summed E-state index contributed by atoms with van der Waals surface area (Å²) in [5.74, 6) is -1.69. The monoisotopic (exact) mass is 362 g/mol. The van der Waals surface area contributed by atoms with Crippen LogP contribution in [0.1, 0.15) is 48.4 Å². The van der Waals surface area contributed by atoms with E-state index in [1.807, 2.05) is 0 Å². The van der Waals surface area contributed by atoms with E-state index < -0.39 is 11.6 Å². The minimum absolute atomic E-state index is 0.118. The van der Waals surface area contributed by atoms with Crippen molar-refractivity contribution in [2.45, 2.75) is 45.6 Å². The molecule has 1 heterocycles. The van der Waals surface area contributed by atoms with E-state index in [0.29, 0.717) is 23.8 Å². The van der Waals surface area contributed by atoms with Crippen molar-refractivity contribution in [2.24, 2.45) is 11.7 Å². The second-order valence-corrected chi connectivity index (χ2v) is 7.17. The van der Waals surface area contributed by atoms with Crippen LogP contribution in [0, 0.1) is 17.6 Å². The molecule has 0 saturated heterocycles. The summed E-state index contributed by atoms with van der Waals surface area (Å²) in [7, 11) is 0.